The first kappa shape index (κ1) is 16.2. The van der Waals surface area contributed by atoms with Crippen LogP contribution >= 0.6 is 0 Å². The third-order valence-corrected chi connectivity index (χ3v) is 5.30. The number of aryl methyl sites for hydroxylation is 2. The predicted molar refractivity (Wildman–Crippen MR) is 90.4 cm³/mol. The van der Waals surface area contributed by atoms with Crippen LogP contribution in [0.15, 0.2) is 18.2 Å². The second kappa shape index (κ2) is 6.83. The highest BCUT2D eigenvalue weighted by Gasteiger charge is 2.31. The van der Waals surface area contributed by atoms with Crippen LogP contribution in [0.5, 0.6) is 0 Å². The molecule has 1 saturated heterocycles. The summed E-state index contributed by atoms with van der Waals surface area (Å²) >= 11 is 0. The molecule has 4 heteroatoms. The number of amides is 1. The molecule has 1 heterocycles. The van der Waals surface area contributed by atoms with Crippen LogP contribution in [0.1, 0.15) is 54.1 Å². The molecular formula is C19H26N2O2. The van der Waals surface area contributed by atoms with Gasteiger partial charge in [-0.3, -0.25) is 9.59 Å². The van der Waals surface area contributed by atoms with E-state index in [2.05, 4.69) is 13.0 Å². The summed E-state index contributed by atoms with van der Waals surface area (Å²) in [5.41, 5.74) is 9.14. The molecule has 1 amide bonds. The van der Waals surface area contributed by atoms with Gasteiger partial charge < -0.3 is 10.6 Å². The third kappa shape index (κ3) is 3.47. The molecule has 4 nitrogen and oxygen atoms in total. The van der Waals surface area contributed by atoms with Gasteiger partial charge in [0.1, 0.15) is 0 Å². The molecule has 2 N–H and O–H groups in total. The minimum Gasteiger partial charge on any atom is -0.340 e. The summed E-state index contributed by atoms with van der Waals surface area (Å²) in [6.07, 6.45) is 4.95. The molecule has 2 atom stereocenters. The predicted octanol–water partition coefficient (Wildman–Crippen LogP) is 2.33. The molecule has 0 aromatic heterocycles. The molecule has 23 heavy (non-hydrogen) atoms. The average Bonchev–Trinajstić information content (AvgIpc) is 3.17. The van der Waals surface area contributed by atoms with Crippen molar-refractivity contribution in [3.63, 3.8) is 0 Å². The van der Waals surface area contributed by atoms with Gasteiger partial charge in [-0.1, -0.05) is 12.1 Å². The van der Waals surface area contributed by atoms with Crippen molar-refractivity contribution < 1.29 is 9.59 Å². The molecule has 1 aliphatic heterocycles. The number of fused-ring (bicyclic) bond motifs is 1. The van der Waals surface area contributed by atoms with Crippen LogP contribution in [0.3, 0.4) is 0 Å². The van der Waals surface area contributed by atoms with Crippen LogP contribution in [-0.2, 0) is 17.6 Å². The van der Waals surface area contributed by atoms with E-state index in [-0.39, 0.29) is 17.7 Å². The maximum absolute atomic E-state index is 12.4. The Labute approximate surface area is 138 Å². The molecule has 0 radical (unpaired) electrons. The highest BCUT2D eigenvalue weighted by atomic mass is 16.2. The topological polar surface area (TPSA) is 63.4 Å². The molecule has 3 rings (SSSR count). The smallest absolute Gasteiger partial charge is 0.223 e. The quantitative estimate of drug-likeness (QED) is 0.849. The summed E-state index contributed by atoms with van der Waals surface area (Å²) < 4.78 is 0. The van der Waals surface area contributed by atoms with Gasteiger partial charge in [-0.2, -0.15) is 0 Å². The van der Waals surface area contributed by atoms with Crippen molar-refractivity contribution in [2.75, 3.05) is 13.1 Å². The van der Waals surface area contributed by atoms with E-state index in [0.29, 0.717) is 25.3 Å². The molecule has 1 aliphatic carbocycles. The fraction of sp³-hybridized carbons (Fsp3) is 0.579. The van der Waals surface area contributed by atoms with Crippen molar-refractivity contribution in [3.8, 4) is 0 Å². The van der Waals surface area contributed by atoms with Gasteiger partial charge in [0.2, 0.25) is 5.91 Å². The lowest BCUT2D eigenvalue weighted by Crippen LogP contribution is -2.34. The number of carbonyl (C=O) groups is 2. The number of likely N-dealkylation sites (tertiary alicyclic amines) is 1. The van der Waals surface area contributed by atoms with Gasteiger partial charge in [-0.15, -0.1) is 0 Å². The van der Waals surface area contributed by atoms with E-state index in [1.807, 2.05) is 17.0 Å². The number of ketones is 1. The zero-order chi connectivity index (χ0) is 16.4. The third-order valence-electron chi connectivity index (χ3n) is 5.30. The van der Waals surface area contributed by atoms with Gasteiger partial charge in [0, 0.05) is 31.0 Å². The average molecular weight is 314 g/mol. The number of carbonyl (C=O) groups excluding carboxylic acids is 2. The van der Waals surface area contributed by atoms with Gasteiger partial charge in [0.05, 0.1) is 0 Å². The van der Waals surface area contributed by atoms with E-state index in [1.54, 1.807) is 0 Å². The number of nitrogens with zero attached hydrogens (tertiary/aromatic N) is 1. The van der Waals surface area contributed by atoms with E-state index >= 15 is 0 Å². The summed E-state index contributed by atoms with van der Waals surface area (Å²) in [6, 6.07) is 6.26. The lowest BCUT2D eigenvalue weighted by atomic mass is 10.0. The first-order valence-electron chi connectivity index (χ1n) is 8.73. The van der Waals surface area contributed by atoms with Crippen molar-refractivity contribution in [2.24, 2.45) is 11.7 Å². The molecule has 1 fully saturated rings. The summed E-state index contributed by atoms with van der Waals surface area (Å²) in [6.45, 7) is 3.43. The number of hydrogen-bond acceptors (Lipinski definition) is 3. The molecule has 124 valence electrons. The first-order valence-corrected chi connectivity index (χ1v) is 8.73. The molecule has 2 unspecified atom stereocenters. The van der Waals surface area contributed by atoms with E-state index in [4.69, 9.17) is 5.73 Å². The monoisotopic (exact) mass is 314 g/mol. The summed E-state index contributed by atoms with van der Waals surface area (Å²) in [5, 5.41) is 0. The minimum absolute atomic E-state index is 0.0790. The molecule has 0 spiro atoms. The van der Waals surface area contributed by atoms with Crippen molar-refractivity contribution in [1.82, 2.24) is 4.90 Å². The van der Waals surface area contributed by atoms with E-state index in [0.717, 1.165) is 31.4 Å². The van der Waals surface area contributed by atoms with Gasteiger partial charge in [0.15, 0.2) is 5.78 Å². The van der Waals surface area contributed by atoms with Gasteiger partial charge >= 0.3 is 0 Å². The zero-order valence-electron chi connectivity index (χ0n) is 13.9. The zero-order valence-corrected chi connectivity index (χ0v) is 13.9. The van der Waals surface area contributed by atoms with Crippen molar-refractivity contribution in [3.05, 3.63) is 34.9 Å². The van der Waals surface area contributed by atoms with Crippen LogP contribution in [-0.4, -0.2) is 35.7 Å². The highest BCUT2D eigenvalue weighted by molar-refractivity contribution is 5.98. The normalized spacial score (nSPS) is 23.1. The van der Waals surface area contributed by atoms with Gasteiger partial charge in [0.25, 0.3) is 0 Å². The Kier molecular flexibility index (Phi) is 4.81. The first-order chi connectivity index (χ1) is 11.1. The number of nitrogens with two attached hydrogens (primary N) is 1. The molecule has 1 aromatic carbocycles. The van der Waals surface area contributed by atoms with Crippen LogP contribution in [0, 0.1) is 5.92 Å². The van der Waals surface area contributed by atoms with Gasteiger partial charge in [-0.25, -0.2) is 0 Å². The fourth-order valence-corrected chi connectivity index (χ4v) is 3.91. The number of rotatable bonds is 5. The second-order valence-electron chi connectivity index (χ2n) is 6.99. The summed E-state index contributed by atoms with van der Waals surface area (Å²) in [5.74, 6) is 0.569. The Morgan fingerprint density at radius 3 is 2.74 bits per heavy atom. The van der Waals surface area contributed by atoms with Crippen LogP contribution in [0.4, 0.5) is 0 Å². The molecule has 1 aromatic rings. The maximum Gasteiger partial charge on any atom is 0.223 e. The largest absolute Gasteiger partial charge is 0.340 e. The summed E-state index contributed by atoms with van der Waals surface area (Å²) in [7, 11) is 0. The Bertz CT molecular complexity index is 611. The van der Waals surface area contributed by atoms with E-state index in [9.17, 15) is 9.59 Å². The van der Waals surface area contributed by atoms with Crippen LogP contribution in [0.2, 0.25) is 0 Å². The molecule has 0 bridgehead atoms. The standard InChI is InChI=1S/C19H26N2O2/c1-13-9-14(11-20)12-21(13)19(23)8-7-18(22)17-6-5-15-3-2-4-16(15)10-17/h5-6,10,13-14H,2-4,7-9,11-12,20H2,1H3. The van der Waals surface area contributed by atoms with Crippen molar-refractivity contribution >= 4 is 11.7 Å². The van der Waals surface area contributed by atoms with Crippen molar-refractivity contribution in [1.29, 1.82) is 0 Å². The number of Topliss-reactive ketones (excluding diaryl/α,β-unsaturated/α-hetero) is 1. The van der Waals surface area contributed by atoms with Crippen LogP contribution < -0.4 is 5.73 Å². The Morgan fingerprint density at radius 1 is 1.22 bits per heavy atom. The van der Waals surface area contributed by atoms with Crippen molar-refractivity contribution in [2.45, 2.75) is 51.5 Å². The van der Waals surface area contributed by atoms with E-state index < -0.39 is 0 Å². The Morgan fingerprint density at radius 2 is 2.00 bits per heavy atom. The molecule has 0 saturated carbocycles. The molecular weight excluding hydrogens is 288 g/mol. The lowest BCUT2D eigenvalue weighted by Gasteiger charge is -2.21. The fourth-order valence-electron chi connectivity index (χ4n) is 3.91. The lowest BCUT2D eigenvalue weighted by molar-refractivity contribution is -0.131. The molecule has 2 aliphatic rings. The number of benzene rings is 1. The van der Waals surface area contributed by atoms with Crippen LogP contribution in [0.25, 0.3) is 0 Å². The summed E-state index contributed by atoms with van der Waals surface area (Å²) in [4.78, 5) is 26.6. The Hall–Kier alpha value is -1.68. The number of hydrogen-bond donors (Lipinski definition) is 1. The van der Waals surface area contributed by atoms with Gasteiger partial charge in [-0.05, 0) is 62.3 Å². The Balaban J connectivity index is 1.55. The SMILES string of the molecule is CC1CC(CN)CN1C(=O)CCC(=O)c1ccc2c(c1)CCC2. The maximum atomic E-state index is 12.4. The van der Waals surface area contributed by atoms with E-state index in [1.165, 1.54) is 17.5 Å². The second-order valence-corrected chi connectivity index (χ2v) is 6.99. The minimum atomic E-state index is 0.0790. The highest BCUT2D eigenvalue weighted by Crippen LogP contribution is 2.25.